The fraction of sp³-hybridized carbons (Fsp3) is 0.857. The SMILES string of the molecule is CC(O)CN.CCCCCCCC/C=C\CCCCCCCC(N)=O. The van der Waals surface area contributed by atoms with Crippen LogP contribution in [0, 0.1) is 0 Å². The molecule has 5 N–H and O–H groups in total. The largest absolute Gasteiger partial charge is 0.392 e. The highest BCUT2D eigenvalue weighted by Gasteiger charge is 1.94. The van der Waals surface area contributed by atoms with Gasteiger partial charge in [-0.3, -0.25) is 4.79 Å². The van der Waals surface area contributed by atoms with Crippen LogP contribution >= 0.6 is 0 Å². The molecule has 25 heavy (non-hydrogen) atoms. The van der Waals surface area contributed by atoms with Gasteiger partial charge in [0, 0.05) is 13.0 Å². The lowest BCUT2D eigenvalue weighted by atomic mass is 10.1. The first-order valence-corrected chi connectivity index (χ1v) is 10.4. The lowest BCUT2D eigenvalue weighted by Gasteiger charge is -1.99. The molecule has 0 rings (SSSR count). The van der Waals surface area contributed by atoms with E-state index >= 15 is 0 Å². The molecule has 4 heteroatoms. The Morgan fingerprint density at radius 2 is 1.28 bits per heavy atom. The van der Waals surface area contributed by atoms with Crippen LogP contribution in [0.4, 0.5) is 0 Å². The molecule has 0 heterocycles. The summed E-state index contributed by atoms with van der Waals surface area (Å²) in [5, 5.41) is 8.24. The fourth-order valence-electron chi connectivity index (χ4n) is 2.37. The second kappa shape index (κ2) is 23.1. The zero-order chi connectivity index (χ0) is 19.2. The summed E-state index contributed by atoms with van der Waals surface area (Å²) in [5.74, 6) is -0.164. The highest BCUT2D eigenvalue weighted by atomic mass is 16.3. The number of nitrogens with two attached hydrogens (primary N) is 2. The number of rotatable bonds is 16. The Kier molecular flexibility index (Phi) is 24.4. The van der Waals surface area contributed by atoms with Crippen molar-refractivity contribution in [3.05, 3.63) is 12.2 Å². The Labute approximate surface area is 156 Å². The van der Waals surface area contributed by atoms with Gasteiger partial charge in [-0.25, -0.2) is 0 Å². The van der Waals surface area contributed by atoms with Gasteiger partial charge >= 0.3 is 0 Å². The van der Waals surface area contributed by atoms with Crippen molar-refractivity contribution in [2.24, 2.45) is 11.5 Å². The molecule has 0 bridgehead atoms. The van der Waals surface area contributed by atoms with Crippen LogP contribution in [0.3, 0.4) is 0 Å². The lowest BCUT2D eigenvalue weighted by Crippen LogP contribution is -2.14. The number of hydrogen-bond acceptors (Lipinski definition) is 3. The van der Waals surface area contributed by atoms with Crippen LogP contribution < -0.4 is 11.5 Å². The summed E-state index contributed by atoms with van der Waals surface area (Å²) in [6.07, 6.45) is 21.6. The van der Waals surface area contributed by atoms with Crippen LogP contribution in [0.2, 0.25) is 0 Å². The van der Waals surface area contributed by atoms with Crippen molar-refractivity contribution in [3.63, 3.8) is 0 Å². The number of carbonyl (C=O) groups excluding carboxylic acids is 1. The van der Waals surface area contributed by atoms with Gasteiger partial charge in [0.05, 0.1) is 6.10 Å². The van der Waals surface area contributed by atoms with Crippen LogP contribution in [0.15, 0.2) is 12.2 Å². The highest BCUT2D eigenvalue weighted by Crippen LogP contribution is 2.09. The lowest BCUT2D eigenvalue weighted by molar-refractivity contribution is -0.118. The fourth-order valence-corrected chi connectivity index (χ4v) is 2.37. The van der Waals surface area contributed by atoms with Crippen LogP contribution in [-0.2, 0) is 4.79 Å². The molecule has 0 spiro atoms. The van der Waals surface area contributed by atoms with E-state index in [9.17, 15) is 4.79 Å². The van der Waals surface area contributed by atoms with Crippen molar-refractivity contribution in [3.8, 4) is 0 Å². The molecule has 0 saturated heterocycles. The molecule has 1 amide bonds. The first kappa shape index (κ1) is 26.4. The van der Waals surface area contributed by atoms with Crippen LogP contribution in [-0.4, -0.2) is 23.7 Å². The van der Waals surface area contributed by atoms with Crippen molar-refractivity contribution in [2.75, 3.05) is 6.54 Å². The highest BCUT2D eigenvalue weighted by molar-refractivity contribution is 5.73. The van der Waals surface area contributed by atoms with E-state index in [0.29, 0.717) is 13.0 Å². The summed E-state index contributed by atoms with van der Waals surface area (Å²) in [5.41, 5.74) is 10.0. The molecule has 0 saturated carbocycles. The minimum Gasteiger partial charge on any atom is -0.392 e. The van der Waals surface area contributed by atoms with Gasteiger partial charge in [0.15, 0.2) is 0 Å². The predicted molar refractivity (Wildman–Crippen MR) is 109 cm³/mol. The molecule has 4 nitrogen and oxygen atoms in total. The van der Waals surface area contributed by atoms with E-state index in [-0.39, 0.29) is 12.0 Å². The zero-order valence-electron chi connectivity index (χ0n) is 16.8. The van der Waals surface area contributed by atoms with E-state index in [2.05, 4.69) is 19.1 Å². The van der Waals surface area contributed by atoms with E-state index < -0.39 is 0 Å². The average Bonchev–Trinajstić information content (AvgIpc) is 2.58. The molecular formula is C21H44N2O2. The standard InChI is InChI=1S/C18H35NO.C3H9NO/c1-2-3-4-5-6-7-8-9-10-11-12-13-14-15-16-17-18(19)20;1-3(5)2-4/h9-10H,2-8,11-17H2,1H3,(H2,19,20);3,5H,2,4H2,1H3/b10-9-;. The van der Waals surface area contributed by atoms with Crippen molar-refractivity contribution in [2.45, 2.75) is 110 Å². The smallest absolute Gasteiger partial charge is 0.217 e. The van der Waals surface area contributed by atoms with Crippen LogP contribution in [0.1, 0.15) is 104 Å². The van der Waals surface area contributed by atoms with Gasteiger partial charge in [-0.05, 0) is 39.0 Å². The summed E-state index contributed by atoms with van der Waals surface area (Å²) in [7, 11) is 0. The van der Waals surface area contributed by atoms with Gasteiger partial charge in [-0.2, -0.15) is 0 Å². The molecule has 0 aromatic carbocycles. The van der Waals surface area contributed by atoms with Gasteiger partial charge in [0.2, 0.25) is 5.91 Å². The molecular weight excluding hydrogens is 312 g/mol. The third-order valence-corrected chi connectivity index (χ3v) is 4.03. The summed E-state index contributed by atoms with van der Waals surface area (Å²) in [6.45, 7) is 4.28. The van der Waals surface area contributed by atoms with Crippen LogP contribution in [0.25, 0.3) is 0 Å². The number of unbranched alkanes of at least 4 members (excludes halogenated alkanes) is 11. The summed E-state index contributed by atoms with van der Waals surface area (Å²) < 4.78 is 0. The van der Waals surface area contributed by atoms with Crippen LogP contribution in [0.5, 0.6) is 0 Å². The monoisotopic (exact) mass is 356 g/mol. The maximum Gasteiger partial charge on any atom is 0.217 e. The first-order chi connectivity index (χ1) is 12.0. The van der Waals surface area contributed by atoms with E-state index in [0.717, 1.165) is 12.8 Å². The van der Waals surface area contributed by atoms with Crippen molar-refractivity contribution in [1.29, 1.82) is 0 Å². The minimum atomic E-state index is -0.338. The Hall–Kier alpha value is -0.870. The number of amides is 1. The maximum atomic E-state index is 10.5. The van der Waals surface area contributed by atoms with Crippen molar-refractivity contribution >= 4 is 5.91 Å². The number of aliphatic hydroxyl groups excluding tert-OH is 1. The summed E-state index contributed by atoms with van der Waals surface area (Å²) >= 11 is 0. The Morgan fingerprint density at radius 3 is 1.68 bits per heavy atom. The third-order valence-electron chi connectivity index (χ3n) is 4.03. The Morgan fingerprint density at radius 1 is 0.880 bits per heavy atom. The summed E-state index contributed by atoms with van der Waals surface area (Å²) in [4.78, 5) is 10.5. The summed E-state index contributed by atoms with van der Waals surface area (Å²) in [6, 6.07) is 0. The topological polar surface area (TPSA) is 89.3 Å². The molecule has 0 aliphatic heterocycles. The van der Waals surface area contributed by atoms with Crippen molar-refractivity contribution < 1.29 is 9.90 Å². The number of carbonyl (C=O) groups is 1. The molecule has 0 fully saturated rings. The maximum absolute atomic E-state index is 10.5. The average molecular weight is 357 g/mol. The zero-order valence-corrected chi connectivity index (χ0v) is 16.8. The van der Waals surface area contributed by atoms with E-state index in [4.69, 9.17) is 16.6 Å². The predicted octanol–water partition coefficient (Wildman–Crippen LogP) is 4.84. The molecule has 0 aromatic rings. The van der Waals surface area contributed by atoms with Gasteiger partial charge in [-0.1, -0.05) is 70.4 Å². The normalized spacial score (nSPS) is 12.0. The van der Waals surface area contributed by atoms with E-state index in [1.165, 1.54) is 70.6 Å². The van der Waals surface area contributed by atoms with Crippen molar-refractivity contribution in [1.82, 2.24) is 0 Å². The Balaban J connectivity index is 0. The Bertz CT molecular complexity index is 292. The molecule has 0 radical (unpaired) electrons. The number of allylic oxidation sites excluding steroid dienone is 2. The number of aliphatic hydroxyl groups is 1. The van der Waals surface area contributed by atoms with E-state index in [1.54, 1.807) is 6.92 Å². The van der Waals surface area contributed by atoms with Gasteiger partial charge in [-0.15, -0.1) is 0 Å². The molecule has 0 aromatic heterocycles. The molecule has 1 unspecified atom stereocenters. The molecule has 1 atom stereocenters. The van der Waals surface area contributed by atoms with Gasteiger partial charge in [0.1, 0.15) is 0 Å². The second-order valence-electron chi connectivity index (χ2n) is 6.89. The second-order valence-corrected chi connectivity index (χ2v) is 6.89. The van der Waals surface area contributed by atoms with Gasteiger partial charge in [0.25, 0.3) is 0 Å². The quantitative estimate of drug-likeness (QED) is 0.273. The minimum absolute atomic E-state index is 0.164. The number of hydrogen-bond donors (Lipinski definition) is 3. The first-order valence-electron chi connectivity index (χ1n) is 10.4. The van der Waals surface area contributed by atoms with Gasteiger partial charge < -0.3 is 16.6 Å². The molecule has 0 aliphatic rings. The number of primary amides is 1. The third kappa shape index (κ3) is 31.4. The molecule has 150 valence electrons. The van der Waals surface area contributed by atoms with E-state index in [1.807, 2.05) is 0 Å². The molecule has 0 aliphatic carbocycles.